The van der Waals surface area contributed by atoms with Crippen LogP contribution < -0.4 is 5.73 Å². The predicted octanol–water partition coefficient (Wildman–Crippen LogP) is 3.74. The Morgan fingerprint density at radius 3 is 2.25 bits per heavy atom. The zero-order valence-electron chi connectivity index (χ0n) is 9.47. The molecule has 1 aromatic rings. The molecule has 0 spiro atoms. The van der Waals surface area contributed by atoms with E-state index in [4.69, 9.17) is 5.73 Å². The van der Waals surface area contributed by atoms with Crippen LogP contribution in [0.3, 0.4) is 0 Å². The predicted molar refractivity (Wildman–Crippen MR) is 59.7 cm³/mol. The van der Waals surface area contributed by atoms with Gasteiger partial charge in [0.1, 0.15) is 0 Å². The van der Waals surface area contributed by atoms with Crippen molar-refractivity contribution < 1.29 is 13.2 Å². The van der Waals surface area contributed by atoms with Gasteiger partial charge in [-0.15, -0.1) is 0 Å². The van der Waals surface area contributed by atoms with Crippen molar-refractivity contribution in [1.29, 1.82) is 0 Å². The van der Waals surface area contributed by atoms with Crippen LogP contribution in [0.5, 0.6) is 0 Å². The van der Waals surface area contributed by atoms with Gasteiger partial charge in [0.05, 0.1) is 17.1 Å². The van der Waals surface area contributed by atoms with Gasteiger partial charge in [0.2, 0.25) is 0 Å². The van der Waals surface area contributed by atoms with Crippen LogP contribution in [0.25, 0.3) is 0 Å². The number of benzene rings is 1. The second kappa shape index (κ2) is 6.15. The maximum absolute atomic E-state index is 12.2. The molecule has 2 nitrogen and oxygen atoms in total. The van der Waals surface area contributed by atoms with Crippen LogP contribution in [0, 0.1) is 0 Å². The average Bonchev–Trinajstić information content (AvgIpc) is 2.19. The number of rotatable bonds is 1. The largest absolute Gasteiger partial charge is 0.416 e. The molecule has 0 amide bonds. The summed E-state index contributed by atoms with van der Waals surface area (Å²) in [5, 5.41) is 0. The van der Waals surface area contributed by atoms with Gasteiger partial charge in [0.15, 0.2) is 0 Å². The van der Waals surface area contributed by atoms with E-state index in [9.17, 15) is 13.2 Å². The minimum absolute atomic E-state index is 0.208. The molecule has 0 unspecified atom stereocenters. The van der Waals surface area contributed by atoms with E-state index >= 15 is 0 Å². The van der Waals surface area contributed by atoms with Gasteiger partial charge in [-0.2, -0.15) is 13.2 Å². The summed E-state index contributed by atoms with van der Waals surface area (Å²) in [6, 6.07) is 4.71. The van der Waals surface area contributed by atoms with Gasteiger partial charge in [0, 0.05) is 0 Å². The van der Waals surface area contributed by atoms with Gasteiger partial charge in [-0.3, -0.25) is 0 Å². The first-order valence-corrected chi connectivity index (χ1v) is 4.87. The number of aliphatic imine (C=N–C) groups is 1. The maximum Gasteiger partial charge on any atom is 0.416 e. The highest BCUT2D eigenvalue weighted by molar-refractivity contribution is 5.80. The lowest BCUT2D eigenvalue weighted by molar-refractivity contribution is -0.137. The van der Waals surface area contributed by atoms with Gasteiger partial charge in [-0.05, 0) is 25.1 Å². The molecule has 1 aromatic carbocycles. The van der Waals surface area contributed by atoms with Crippen molar-refractivity contribution in [3.05, 3.63) is 29.8 Å². The third-order valence-corrected chi connectivity index (χ3v) is 1.48. The molecule has 1 rings (SSSR count). The average molecular weight is 232 g/mol. The SMILES string of the molecule is CC.CC(N)=Nc1cccc(C(F)(F)F)c1. The van der Waals surface area contributed by atoms with Gasteiger partial charge in [-0.1, -0.05) is 19.9 Å². The normalized spacial score (nSPS) is 11.8. The molecule has 0 aliphatic rings. The Morgan fingerprint density at radius 1 is 1.25 bits per heavy atom. The van der Waals surface area contributed by atoms with Crippen molar-refractivity contribution >= 4 is 11.5 Å². The topological polar surface area (TPSA) is 38.4 Å². The number of alkyl halides is 3. The van der Waals surface area contributed by atoms with Crippen molar-refractivity contribution in [2.75, 3.05) is 0 Å². The highest BCUT2D eigenvalue weighted by Gasteiger charge is 2.30. The molecule has 0 aromatic heterocycles. The molecule has 5 heteroatoms. The summed E-state index contributed by atoms with van der Waals surface area (Å²) in [5.74, 6) is 0.226. The number of halogens is 3. The smallest absolute Gasteiger partial charge is 0.387 e. The fraction of sp³-hybridized carbons (Fsp3) is 0.364. The molecule has 0 saturated carbocycles. The Labute approximate surface area is 93.0 Å². The maximum atomic E-state index is 12.2. The summed E-state index contributed by atoms with van der Waals surface area (Å²) in [6.07, 6.45) is -4.34. The van der Waals surface area contributed by atoms with E-state index in [1.54, 1.807) is 0 Å². The van der Waals surface area contributed by atoms with E-state index in [1.807, 2.05) is 13.8 Å². The summed E-state index contributed by atoms with van der Waals surface area (Å²) in [7, 11) is 0. The van der Waals surface area contributed by atoms with E-state index < -0.39 is 11.7 Å². The molecule has 0 aliphatic carbocycles. The standard InChI is InChI=1S/C9H9F3N2.C2H6/c1-6(13)14-8-4-2-3-7(5-8)9(10,11)12;1-2/h2-5H,1H3,(H2,13,14);1-2H3. The second-order valence-corrected chi connectivity index (χ2v) is 2.80. The molecule has 0 atom stereocenters. The first-order chi connectivity index (χ1) is 7.39. The van der Waals surface area contributed by atoms with E-state index in [0.717, 1.165) is 12.1 Å². The van der Waals surface area contributed by atoms with Crippen LogP contribution in [0.2, 0.25) is 0 Å². The Bertz CT molecular complexity index is 352. The van der Waals surface area contributed by atoms with Crippen LogP contribution in [0.15, 0.2) is 29.3 Å². The van der Waals surface area contributed by atoms with Crippen molar-refractivity contribution in [3.8, 4) is 0 Å². The molecule has 0 aliphatic heterocycles. The molecule has 0 heterocycles. The lowest BCUT2D eigenvalue weighted by Crippen LogP contribution is -2.05. The van der Waals surface area contributed by atoms with E-state index in [-0.39, 0.29) is 11.5 Å². The number of nitrogens with zero attached hydrogens (tertiary/aromatic N) is 1. The first kappa shape index (κ1) is 14.5. The highest BCUT2D eigenvalue weighted by atomic mass is 19.4. The van der Waals surface area contributed by atoms with Gasteiger partial charge < -0.3 is 5.73 Å². The van der Waals surface area contributed by atoms with Crippen molar-refractivity contribution in [1.82, 2.24) is 0 Å². The summed E-state index contributed by atoms with van der Waals surface area (Å²) in [5.41, 5.74) is 4.74. The Balaban J connectivity index is 0.00000106. The summed E-state index contributed by atoms with van der Waals surface area (Å²) >= 11 is 0. The number of hydrogen-bond donors (Lipinski definition) is 1. The molecule has 90 valence electrons. The molecule has 16 heavy (non-hydrogen) atoms. The third kappa shape index (κ3) is 4.82. The van der Waals surface area contributed by atoms with E-state index in [1.165, 1.54) is 19.1 Å². The van der Waals surface area contributed by atoms with Crippen molar-refractivity contribution in [2.45, 2.75) is 26.9 Å². The summed E-state index contributed by atoms with van der Waals surface area (Å²) in [4.78, 5) is 3.73. The molecule has 0 radical (unpaired) electrons. The van der Waals surface area contributed by atoms with Gasteiger partial charge >= 0.3 is 6.18 Å². The van der Waals surface area contributed by atoms with Crippen LogP contribution in [-0.4, -0.2) is 5.84 Å². The Morgan fingerprint density at radius 2 is 1.81 bits per heavy atom. The molecule has 2 N–H and O–H groups in total. The number of amidine groups is 1. The quantitative estimate of drug-likeness (QED) is 0.581. The van der Waals surface area contributed by atoms with Crippen LogP contribution in [-0.2, 0) is 6.18 Å². The zero-order valence-corrected chi connectivity index (χ0v) is 9.47. The van der Waals surface area contributed by atoms with Crippen molar-refractivity contribution in [3.63, 3.8) is 0 Å². The summed E-state index contributed by atoms with van der Waals surface area (Å²) in [6.45, 7) is 5.51. The van der Waals surface area contributed by atoms with E-state index in [0.29, 0.717) is 0 Å². The third-order valence-electron chi connectivity index (χ3n) is 1.48. The van der Waals surface area contributed by atoms with Gasteiger partial charge in [0.25, 0.3) is 0 Å². The molecule has 0 bridgehead atoms. The first-order valence-electron chi connectivity index (χ1n) is 4.87. The molecular weight excluding hydrogens is 217 g/mol. The van der Waals surface area contributed by atoms with Crippen LogP contribution in [0.1, 0.15) is 26.3 Å². The molecule has 0 saturated heterocycles. The zero-order chi connectivity index (χ0) is 12.8. The lowest BCUT2D eigenvalue weighted by atomic mass is 10.2. The monoisotopic (exact) mass is 232 g/mol. The highest BCUT2D eigenvalue weighted by Crippen LogP contribution is 2.31. The Hall–Kier alpha value is -1.52. The summed E-state index contributed by atoms with van der Waals surface area (Å²) < 4.78 is 36.7. The van der Waals surface area contributed by atoms with Crippen LogP contribution in [0.4, 0.5) is 18.9 Å². The lowest BCUT2D eigenvalue weighted by Gasteiger charge is -2.06. The van der Waals surface area contributed by atoms with E-state index in [2.05, 4.69) is 4.99 Å². The van der Waals surface area contributed by atoms with Gasteiger partial charge in [-0.25, -0.2) is 4.99 Å². The number of nitrogens with two attached hydrogens (primary N) is 1. The fourth-order valence-corrected chi connectivity index (χ4v) is 0.955. The minimum atomic E-state index is -4.34. The number of hydrogen-bond acceptors (Lipinski definition) is 1. The fourth-order valence-electron chi connectivity index (χ4n) is 0.955. The molecular formula is C11H15F3N2. The van der Waals surface area contributed by atoms with Crippen molar-refractivity contribution in [2.24, 2.45) is 10.7 Å². The second-order valence-electron chi connectivity index (χ2n) is 2.80. The van der Waals surface area contributed by atoms with Crippen LogP contribution >= 0.6 is 0 Å². The minimum Gasteiger partial charge on any atom is -0.387 e. The molecule has 0 fully saturated rings. The Kier molecular flexibility index (Phi) is 5.56.